The molecule has 1 aliphatic heterocycles. The highest BCUT2D eigenvalue weighted by molar-refractivity contribution is 4.80. The van der Waals surface area contributed by atoms with Crippen molar-refractivity contribution in [1.29, 1.82) is 0 Å². The van der Waals surface area contributed by atoms with Crippen molar-refractivity contribution in [3.05, 3.63) is 0 Å². The summed E-state index contributed by atoms with van der Waals surface area (Å²) in [6.07, 6.45) is 4.20. The van der Waals surface area contributed by atoms with Crippen LogP contribution in [-0.2, 0) is 4.74 Å². The molecule has 0 aromatic rings. The lowest BCUT2D eigenvalue weighted by Gasteiger charge is -2.38. The van der Waals surface area contributed by atoms with Crippen molar-refractivity contribution >= 4 is 0 Å². The van der Waals surface area contributed by atoms with Crippen molar-refractivity contribution in [3.8, 4) is 0 Å². The van der Waals surface area contributed by atoms with Crippen LogP contribution in [-0.4, -0.2) is 49.3 Å². The fourth-order valence-electron chi connectivity index (χ4n) is 2.57. The first kappa shape index (κ1) is 14.9. The summed E-state index contributed by atoms with van der Waals surface area (Å²) >= 11 is 0. The maximum Gasteiger partial charge on any atom is 0.0702 e. The Labute approximate surface area is 107 Å². The number of rotatable bonds is 7. The van der Waals surface area contributed by atoms with Crippen LogP contribution in [0.2, 0.25) is 0 Å². The number of nitrogens with one attached hydrogen (secondary N) is 1. The molecular weight excluding hydrogens is 212 g/mol. The van der Waals surface area contributed by atoms with Gasteiger partial charge in [-0.15, -0.1) is 0 Å². The third kappa shape index (κ3) is 5.36. The van der Waals surface area contributed by atoms with Crippen LogP contribution >= 0.6 is 0 Å². The molecule has 102 valence electrons. The van der Waals surface area contributed by atoms with E-state index >= 15 is 0 Å². The van der Waals surface area contributed by atoms with Crippen LogP contribution in [0.15, 0.2) is 0 Å². The van der Waals surface area contributed by atoms with Gasteiger partial charge in [0.05, 0.1) is 6.10 Å². The summed E-state index contributed by atoms with van der Waals surface area (Å²) < 4.78 is 5.77. The maximum absolute atomic E-state index is 5.77. The van der Waals surface area contributed by atoms with Crippen LogP contribution in [0.5, 0.6) is 0 Å². The van der Waals surface area contributed by atoms with Crippen molar-refractivity contribution in [2.24, 2.45) is 0 Å². The van der Waals surface area contributed by atoms with Crippen molar-refractivity contribution in [1.82, 2.24) is 10.2 Å². The summed E-state index contributed by atoms with van der Waals surface area (Å²) in [6.45, 7) is 13.1. The number of hydrogen-bond acceptors (Lipinski definition) is 3. The summed E-state index contributed by atoms with van der Waals surface area (Å²) in [6, 6.07) is 1.25. The molecule has 1 rings (SSSR count). The lowest BCUT2D eigenvalue weighted by molar-refractivity contribution is -0.00789. The smallest absolute Gasteiger partial charge is 0.0702 e. The predicted molar refractivity (Wildman–Crippen MR) is 73.4 cm³/mol. The van der Waals surface area contributed by atoms with Crippen LogP contribution in [0, 0.1) is 0 Å². The summed E-state index contributed by atoms with van der Waals surface area (Å²) in [5.41, 5.74) is 0. The van der Waals surface area contributed by atoms with Crippen molar-refractivity contribution in [2.45, 2.75) is 65.1 Å². The number of ether oxygens (including phenoxy) is 1. The molecule has 0 bridgehead atoms. The highest BCUT2D eigenvalue weighted by atomic mass is 16.5. The van der Waals surface area contributed by atoms with Gasteiger partial charge < -0.3 is 10.1 Å². The molecule has 0 aromatic carbocycles. The van der Waals surface area contributed by atoms with Gasteiger partial charge in [0, 0.05) is 31.8 Å². The van der Waals surface area contributed by atoms with Gasteiger partial charge in [0.1, 0.15) is 0 Å². The first-order chi connectivity index (χ1) is 8.17. The molecule has 0 radical (unpaired) electrons. The molecule has 1 heterocycles. The second-order valence-electron chi connectivity index (χ2n) is 5.34. The zero-order valence-electron chi connectivity index (χ0n) is 12.0. The van der Waals surface area contributed by atoms with E-state index in [-0.39, 0.29) is 0 Å². The average Bonchev–Trinajstić information content (AvgIpc) is 2.30. The zero-order valence-corrected chi connectivity index (χ0v) is 12.0. The number of likely N-dealkylation sites (tertiary alicyclic amines) is 1. The van der Waals surface area contributed by atoms with E-state index in [0.29, 0.717) is 18.2 Å². The Morgan fingerprint density at radius 2 is 2.12 bits per heavy atom. The quantitative estimate of drug-likeness (QED) is 0.741. The second-order valence-corrected chi connectivity index (χ2v) is 5.34. The van der Waals surface area contributed by atoms with E-state index in [4.69, 9.17) is 4.74 Å². The Morgan fingerprint density at radius 3 is 2.71 bits per heavy atom. The van der Waals surface area contributed by atoms with Gasteiger partial charge in [-0.2, -0.15) is 0 Å². The van der Waals surface area contributed by atoms with E-state index in [1.165, 1.54) is 25.8 Å². The summed E-state index contributed by atoms with van der Waals surface area (Å²) in [4.78, 5) is 2.61. The van der Waals surface area contributed by atoms with Gasteiger partial charge in [-0.3, -0.25) is 4.90 Å². The number of nitrogens with zero attached hydrogens (tertiary/aromatic N) is 1. The molecule has 2 unspecified atom stereocenters. The first-order valence-corrected chi connectivity index (χ1v) is 7.26. The van der Waals surface area contributed by atoms with E-state index in [2.05, 4.69) is 37.9 Å². The van der Waals surface area contributed by atoms with Gasteiger partial charge in [-0.1, -0.05) is 20.8 Å². The molecular formula is C14H30N2O. The van der Waals surface area contributed by atoms with Crippen LogP contribution in [0.25, 0.3) is 0 Å². The zero-order chi connectivity index (χ0) is 12.7. The molecule has 1 aliphatic rings. The lowest BCUT2D eigenvalue weighted by atomic mass is 10.0. The normalized spacial score (nSPS) is 24.2. The standard InChI is InChI=1S/C14H30N2O/c1-5-13(10-15-12(3)4)16-9-7-8-14(11-16)17-6-2/h12-15H,5-11H2,1-4H3. The van der Waals surface area contributed by atoms with Gasteiger partial charge in [0.15, 0.2) is 0 Å². The molecule has 0 spiro atoms. The second kappa shape index (κ2) is 8.06. The van der Waals surface area contributed by atoms with Crippen molar-refractivity contribution in [3.63, 3.8) is 0 Å². The fraction of sp³-hybridized carbons (Fsp3) is 1.00. The molecule has 0 amide bonds. The van der Waals surface area contributed by atoms with E-state index in [9.17, 15) is 0 Å². The Bertz CT molecular complexity index is 195. The molecule has 0 aromatic heterocycles. The topological polar surface area (TPSA) is 24.5 Å². The third-order valence-electron chi connectivity index (χ3n) is 3.56. The highest BCUT2D eigenvalue weighted by Crippen LogP contribution is 2.17. The molecule has 1 N–H and O–H groups in total. The molecule has 3 nitrogen and oxygen atoms in total. The molecule has 17 heavy (non-hydrogen) atoms. The van der Waals surface area contributed by atoms with Gasteiger partial charge >= 0.3 is 0 Å². The van der Waals surface area contributed by atoms with Crippen LogP contribution in [0.1, 0.15) is 47.0 Å². The minimum absolute atomic E-state index is 0.460. The molecule has 1 fully saturated rings. The van der Waals surface area contributed by atoms with Gasteiger partial charge in [-0.25, -0.2) is 0 Å². The number of piperidine rings is 1. The Kier molecular flexibility index (Phi) is 7.09. The molecule has 1 saturated heterocycles. The van der Waals surface area contributed by atoms with E-state index in [0.717, 1.165) is 19.7 Å². The molecule has 2 atom stereocenters. The molecule has 0 aliphatic carbocycles. The predicted octanol–water partition coefficient (Wildman–Crippen LogP) is 2.26. The van der Waals surface area contributed by atoms with Crippen molar-refractivity contribution < 1.29 is 4.74 Å². The highest BCUT2D eigenvalue weighted by Gasteiger charge is 2.24. The van der Waals surface area contributed by atoms with E-state index in [1.54, 1.807) is 0 Å². The summed E-state index contributed by atoms with van der Waals surface area (Å²) in [5, 5.41) is 3.56. The van der Waals surface area contributed by atoms with Crippen LogP contribution < -0.4 is 5.32 Å². The van der Waals surface area contributed by atoms with Gasteiger partial charge in [-0.05, 0) is 32.7 Å². The molecule has 3 heteroatoms. The lowest BCUT2D eigenvalue weighted by Crippen LogP contribution is -2.49. The maximum atomic E-state index is 5.77. The molecule has 0 saturated carbocycles. The summed E-state index contributed by atoms with van der Waals surface area (Å²) in [7, 11) is 0. The van der Waals surface area contributed by atoms with E-state index < -0.39 is 0 Å². The fourth-order valence-corrected chi connectivity index (χ4v) is 2.57. The van der Waals surface area contributed by atoms with Gasteiger partial charge in [0.2, 0.25) is 0 Å². The van der Waals surface area contributed by atoms with Crippen LogP contribution in [0.3, 0.4) is 0 Å². The Balaban J connectivity index is 2.38. The third-order valence-corrected chi connectivity index (χ3v) is 3.56. The SMILES string of the molecule is CCOC1CCCN(C(CC)CNC(C)C)C1. The summed E-state index contributed by atoms with van der Waals surface area (Å²) in [5.74, 6) is 0. The minimum Gasteiger partial charge on any atom is -0.377 e. The minimum atomic E-state index is 0.460. The van der Waals surface area contributed by atoms with Gasteiger partial charge in [0.25, 0.3) is 0 Å². The van der Waals surface area contributed by atoms with E-state index in [1.807, 2.05) is 0 Å². The Hall–Kier alpha value is -0.120. The Morgan fingerprint density at radius 1 is 1.35 bits per heavy atom. The number of hydrogen-bond donors (Lipinski definition) is 1. The largest absolute Gasteiger partial charge is 0.377 e. The first-order valence-electron chi connectivity index (χ1n) is 7.26. The average molecular weight is 242 g/mol. The van der Waals surface area contributed by atoms with Crippen LogP contribution in [0.4, 0.5) is 0 Å². The van der Waals surface area contributed by atoms with Crippen molar-refractivity contribution in [2.75, 3.05) is 26.2 Å². The monoisotopic (exact) mass is 242 g/mol.